The van der Waals surface area contributed by atoms with Gasteiger partial charge in [0.25, 0.3) is 0 Å². The molecule has 0 aliphatic carbocycles. The molecule has 0 fully saturated rings. The van der Waals surface area contributed by atoms with Gasteiger partial charge in [-0.2, -0.15) is 0 Å². The summed E-state index contributed by atoms with van der Waals surface area (Å²) < 4.78 is 0. The average molecular weight is 262 g/mol. The number of hydrogen-bond donors (Lipinski definition) is 1. The fourth-order valence-corrected chi connectivity index (χ4v) is 2.72. The zero-order valence-electron chi connectivity index (χ0n) is 11.0. The number of pyridine rings is 1. The van der Waals surface area contributed by atoms with Gasteiger partial charge in [0.05, 0.1) is 11.2 Å². The molecule has 0 spiro atoms. The van der Waals surface area contributed by atoms with Gasteiger partial charge in [-0.05, 0) is 20.0 Å². The number of hydrogen-bond acceptors (Lipinski definition) is 5. The fraction of sp³-hybridized carbons (Fsp3) is 0.385. The molecule has 0 aliphatic rings. The SMILES string of the molecule is CNc1ncccc1CN(C)Cc1scnc1C. The first-order chi connectivity index (χ1) is 8.70. The molecule has 0 radical (unpaired) electrons. The molecule has 2 aromatic heterocycles. The second kappa shape index (κ2) is 5.93. The van der Waals surface area contributed by atoms with Crippen LogP contribution < -0.4 is 5.32 Å². The van der Waals surface area contributed by atoms with Crippen molar-refractivity contribution in [3.05, 3.63) is 40.0 Å². The zero-order valence-corrected chi connectivity index (χ0v) is 11.8. The van der Waals surface area contributed by atoms with Crippen molar-refractivity contribution in [2.45, 2.75) is 20.0 Å². The molecule has 1 N–H and O–H groups in total. The Balaban J connectivity index is 2.03. The molecule has 2 heterocycles. The van der Waals surface area contributed by atoms with Crippen LogP contribution in [0, 0.1) is 6.92 Å². The summed E-state index contributed by atoms with van der Waals surface area (Å²) in [5, 5.41) is 3.12. The molecule has 0 saturated heterocycles. The fourth-order valence-electron chi connectivity index (χ4n) is 1.86. The van der Waals surface area contributed by atoms with E-state index in [9.17, 15) is 0 Å². The van der Waals surface area contributed by atoms with Gasteiger partial charge < -0.3 is 5.32 Å². The predicted octanol–water partition coefficient (Wildman–Crippen LogP) is 2.52. The van der Waals surface area contributed by atoms with Crippen molar-refractivity contribution >= 4 is 17.2 Å². The number of aryl methyl sites for hydroxylation is 1. The van der Waals surface area contributed by atoms with Crippen LogP contribution in [-0.2, 0) is 13.1 Å². The minimum atomic E-state index is 0.876. The first kappa shape index (κ1) is 13.0. The summed E-state index contributed by atoms with van der Waals surface area (Å²) in [6.45, 7) is 3.86. The van der Waals surface area contributed by atoms with Gasteiger partial charge in [0.2, 0.25) is 0 Å². The third kappa shape index (κ3) is 3.05. The van der Waals surface area contributed by atoms with Gasteiger partial charge in [-0.3, -0.25) is 4.90 Å². The third-order valence-electron chi connectivity index (χ3n) is 2.83. The molecule has 4 nitrogen and oxygen atoms in total. The summed E-state index contributed by atoms with van der Waals surface area (Å²) in [7, 11) is 4.02. The quantitative estimate of drug-likeness (QED) is 0.899. The van der Waals surface area contributed by atoms with Gasteiger partial charge in [0.1, 0.15) is 5.82 Å². The van der Waals surface area contributed by atoms with Crippen LogP contribution in [0.5, 0.6) is 0 Å². The van der Waals surface area contributed by atoms with Crippen molar-refractivity contribution < 1.29 is 0 Å². The Morgan fingerprint density at radius 1 is 1.33 bits per heavy atom. The van der Waals surface area contributed by atoms with Gasteiger partial charge in [-0.1, -0.05) is 6.07 Å². The minimum Gasteiger partial charge on any atom is -0.373 e. The first-order valence-corrected chi connectivity index (χ1v) is 6.78. The van der Waals surface area contributed by atoms with Crippen LogP contribution in [-0.4, -0.2) is 29.0 Å². The largest absolute Gasteiger partial charge is 0.373 e. The van der Waals surface area contributed by atoms with E-state index in [0.717, 1.165) is 24.6 Å². The summed E-state index contributed by atoms with van der Waals surface area (Å²) in [6, 6.07) is 4.08. The highest BCUT2D eigenvalue weighted by molar-refractivity contribution is 7.09. The standard InChI is InChI=1S/C13H18N4S/c1-10-12(18-9-16-10)8-17(3)7-11-5-4-6-15-13(11)14-2/h4-6,9H,7-8H2,1-3H3,(H,14,15). The molecule has 0 saturated carbocycles. The molecular weight excluding hydrogens is 244 g/mol. The lowest BCUT2D eigenvalue weighted by molar-refractivity contribution is 0.321. The first-order valence-electron chi connectivity index (χ1n) is 5.90. The van der Waals surface area contributed by atoms with Gasteiger partial charge >= 0.3 is 0 Å². The van der Waals surface area contributed by atoms with E-state index in [1.165, 1.54) is 10.4 Å². The smallest absolute Gasteiger partial charge is 0.130 e. The van der Waals surface area contributed by atoms with Gasteiger partial charge in [-0.15, -0.1) is 11.3 Å². The van der Waals surface area contributed by atoms with Crippen molar-refractivity contribution in [2.24, 2.45) is 0 Å². The highest BCUT2D eigenvalue weighted by atomic mass is 32.1. The van der Waals surface area contributed by atoms with E-state index in [1.54, 1.807) is 11.3 Å². The number of thiazole rings is 1. The van der Waals surface area contributed by atoms with Crippen molar-refractivity contribution in [1.82, 2.24) is 14.9 Å². The van der Waals surface area contributed by atoms with Crippen molar-refractivity contribution in [3.63, 3.8) is 0 Å². The van der Waals surface area contributed by atoms with Gasteiger partial charge in [0, 0.05) is 36.8 Å². The van der Waals surface area contributed by atoms with E-state index in [0.29, 0.717) is 0 Å². The number of rotatable bonds is 5. The molecule has 0 unspecified atom stereocenters. The van der Waals surface area contributed by atoms with Crippen LogP contribution in [0.4, 0.5) is 5.82 Å². The predicted molar refractivity (Wildman–Crippen MR) is 75.8 cm³/mol. The Labute approximate surface area is 112 Å². The summed E-state index contributed by atoms with van der Waals surface area (Å²) in [5.74, 6) is 0.949. The number of nitrogens with zero attached hydrogens (tertiary/aromatic N) is 3. The maximum absolute atomic E-state index is 4.32. The molecule has 96 valence electrons. The molecule has 2 aromatic rings. The lowest BCUT2D eigenvalue weighted by atomic mass is 10.2. The van der Waals surface area contributed by atoms with E-state index in [4.69, 9.17) is 0 Å². The van der Waals surface area contributed by atoms with Crippen LogP contribution in [0.15, 0.2) is 23.8 Å². The molecule has 0 bridgehead atoms. The summed E-state index contributed by atoms with van der Waals surface area (Å²) in [6.07, 6.45) is 1.81. The maximum Gasteiger partial charge on any atom is 0.130 e. The maximum atomic E-state index is 4.32. The molecule has 5 heteroatoms. The zero-order chi connectivity index (χ0) is 13.0. The molecule has 0 atom stereocenters. The Hall–Kier alpha value is -1.46. The summed E-state index contributed by atoms with van der Waals surface area (Å²) in [5.41, 5.74) is 4.25. The molecule has 2 rings (SSSR count). The highest BCUT2D eigenvalue weighted by Crippen LogP contribution is 2.17. The summed E-state index contributed by atoms with van der Waals surface area (Å²) >= 11 is 1.71. The number of nitrogens with one attached hydrogen (secondary N) is 1. The molecule has 0 amide bonds. The average Bonchev–Trinajstić information content (AvgIpc) is 2.75. The topological polar surface area (TPSA) is 41.1 Å². The second-order valence-electron chi connectivity index (χ2n) is 4.29. The van der Waals surface area contributed by atoms with E-state index >= 15 is 0 Å². The minimum absolute atomic E-state index is 0.876. The molecule has 18 heavy (non-hydrogen) atoms. The monoisotopic (exact) mass is 262 g/mol. The Morgan fingerprint density at radius 3 is 2.83 bits per heavy atom. The lowest BCUT2D eigenvalue weighted by Crippen LogP contribution is -2.18. The second-order valence-corrected chi connectivity index (χ2v) is 5.23. The van der Waals surface area contributed by atoms with Gasteiger partial charge in [0.15, 0.2) is 0 Å². The van der Waals surface area contributed by atoms with Crippen LogP contribution in [0.2, 0.25) is 0 Å². The number of anilines is 1. The Kier molecular flexibility index (Phi) is 4.28. The lowest BCUT2D eigenvalue weighted by Gasteiger charge is -2.17. The number of aromatic nitrogens is 2. The normalized spacial score (nSPS) is 10.9. The molecule has 0 aliphatic heterocycles. The van der Waals surface area contributed by atoms with Crippen LogP contribution >= 0.6 is 11.3 Å². The van der Waals surface area contributed by atoms with Gasteiger partial charge in [-0.25, -0.2) is 9.97 Å². The third-order valence-corrected chi connectivity index (χ3v) is 3.75. The van der Waals surface area contributed by atoms with E-state index < -0.39 is 0 Å². The van der Waals surface area contributed by atoms with Crippen molar-refractivity contribution in [3.8, 4) is 0 Å². The van der Waals surface area contributed by atoms with Crippen LogP contribution in [0.25, 0.3) is 0 Å². The molecule has 0 aromatic carbocycles. The Morgan fingerprint density at radius 2 is 2.17 bits per heavy atom. The van der Waals surface area contributed by atoms with Crippen LogP contribution in [0.1, 0.15) is 16.1 Å². The van der Waals surface area contributed by atoms with Crippen LogP contribution in [0.3, 0.4) is 0 Å². The highest BCUT2D eigenvalue weighted by Gasteiger charge is 2.08. The van der Waals surface area contributed by atoms with E-state index in [-0.39, 0.29) is 0 Å². The van der Waals surface area contributed by atoms with E-state index in [1.807, 2.05) is 24.8 Å². The van der Waals surface area contributed by atoms with Crippen molar-refractivity contribution in [1.29, 1.82) is 0 Å². The summed E-state index contributed by atoms with van der Waals surface area (Å²) in [4.78, 5) is 12.2. The molecular formula is C13H18N4S. The van der Waals surface area contributed by atoms with Crippen molar-refractivity contribution in [2.75, 3.05) is 19.4 Å². The van der Waals surface area contributed by atoms with E-state index in [2.05, 4.69) is 40.2 Å². The Bertz CT molecular complexity index is 509.